The van der Waals surface area contributed by atoms with Crippen molar-refractivity contribution in [1.29, 1.82) is 0 Å². The average molecular weight is 492 g/mol. The lowest BCUT2D eigenvalue weighted by molar-refractivity contribution is 0.0270. The molecular formula is C28H34FN5O2. The number of likely N-dealkylation sites (N-methyl/N-ethyl adjacent to an activating group) is 1. The molecule has 1 aromatic carbocycles. The molecule has 0 radical (unpaired) electrons. The van der Waals surface area contributed by atoms with Gasteiger partial charge in [-0.25, -0.2) is 14.2 Å². The van der Waals surface area contributed by atoms with Crippen LogP contribution in [0.2, 0.25) is 0 Å². The molecule has 1 fully saturated rings. The number of pyridine rings is 1. The fraction of sp³-hybridized carbons (Fsp3) is 0.429. The molecule has 190 valence electrons. The van der Waals surface area contributed by atoms with E-state index in [4.69, 9.17) is 4.74 Å². The summed E-state index contributed by atoms with van der Waals surface area (Å²) in [7, 11) is 2.08. The van der Waals surface area contributed by atoms with Crippen molar-refractivity contribution in [2.24, 2.45) is 0 Å². The molecule has 4 heterocycles. The molecule has 2 aliphatic heterocycles. The van der Waals surface area contributed by atoms with Crippen molar-refractivity contribution in [2.75, 3.05) is 38.5 Å². The molecule has 1 amide bonds. The van der Waals surface area contributed by atoms with Gasteiger partial charge in [0.2, 0.25) is 0 Å². The van der Waals surface area contributed by atoms with E-state index in [9.17, 15) is 9.18 Å². The number of ether oxygens (including phenoxy) is 1. The topological polar surface area (TPSA) is 73.5 Å². The van der Waals surface area contributed by atoms with Gasteiger partial charge in [-0.1, -0.05) is 6.08 Å². The third kappa shape index (κ3) is 5.23. The van der Waals surface area contributed by atoms with Crippen molar-refractivity contribution in [3.05, 3.63) is 59.7 Å². The Morgan fingerprint density at radius 3 is 2.75 bits per heavy atom. The van der Waals surface area contributed by atoms with Gasteiger partial charge in [0.25, 0.3) is 0 Å². The number of aromatic amines is 1. The van der Waals surface area contributed by atoms with Gasteiger partial charge in [0.15, 0.2) is 0 Å². The van der Waals surface area contributed by atoms with Gasteiger partial charge in [-0.2, -0.15) is 0 Å². The van der Waals surface area contributed by atoms with Crippen molar-refractivity contribution in [2.45, 2.75) is 45.1 Å². The van der Waals surface area contributed by atoms with Crippen LogP contribution in [-0.4, -0.2) is 64.7 Å². The van der Waals surface area contributed by atoms with Crippen LogP contribution < -0.4 is 5.32 Å². The number of carbonyl (C=O) groups is 1. The number of hydrogen-bond acceptors (Lipinski definition) is 5. The maximum Gasteiger partial charge on any atom is 0.410 e. The van der Waals surface area contributed by atoms with Gasteiger partial charge in [0.05, 0.1) is 5.69 Å². The molecule has 1 unspecified atom stereocenters. The number of carbonyl (C=O) groups excluding carboxylic acids is 1. The van der Waals surface area contributed by atoms with Gasteiger partial charge < -0.3 is 24.8 Å². The largest absolute Gasteiger partial charge is 0.444 e. The highest BCUT2D eigenvalue weighted by Gasteiger charge is 2.25. The molecule has 2 aromatic heterocycles. The Hall–Kier alpha value is -3.39. The van der Waals surface area contributed by atoms with Crippen molar-refractivity contribution >= 4 is 34.1 Å². The normalized spacial score (nSPS) is 19.0. The number of aromatic nitrogens is 2. The van der Waals surface area contributed by atoms with E-state index < -0.39 is 5.60 Å². The second kappa shape index (κ2) is 9.58. The zero-order chi connectivity index (χ0) is 25.4. The zero-order valence-electron chi connectivity index (χ0n) is 21.4. The lowest BCUT2D eigenvalue weighted by Gasteiger charge is -2.29. The molecular weight excluding hydrogens is 457 g/mol. The molecule has 0 spiro atoms. The van der Waals surface area contributed by atoms with Crippen LogP contribution >= 0.6 is 0 Å². The minimum atomic E-state index is -0.508. The van der Waals surface area contributed by atoms with E-state index in [1.165, 1.54) is 0 Å². The van der Waals surface area contributed by atoms with Crippen LogP contribution in [0.25, 0.3) is 16.6 Å². The molecule has 0 aliphatic carbocycles. The third-order valence-corrected chi connectivity index (χ3v) is 6.84. The van der Waals surface area contributed by atoms with Crippen molar-refractivity contribution in [1.82, 2.24) is 19.8 Å². The number of hydrogen-bond donors (Lipinski definition) is 2. The van der Waals surface area contributed by atoms with E-state index in [0.717, 1.165) is 65.2 Å². The van der Waals surface area contributed by atoms with Crippen LogP contribution in [0.3, 0.4) is 0 Å². The second-order valence-corrected chi connectivity index (χ2v) is 10.8. The predicted molar refractivity (Wildman–Crippen MR) is 141 cm³/mol. The number of rotatable bonds is 4. The number of halogens is 1. The Labute approximate surface area is 211 Å². The summed E-state index contributed by atoms with van der Waals surface area (Å²) in [5.41, 5.74) is 4.96. The summed E-state index contributed by atoms with van der Waals surface area (Å²) in [5.74, 6) is 0.0703. The monoisotopic (exact) mass is 491 g/mol. The van der Waals surface area contributed by atoms with E-state index in [1.807, 2.05) is 32.9 Å². The average Bonchev–Trinajstić information content (AvgIpc) is 3.46. The number of nitrogens with zero attached hydrogens (tertiary/aromatic N) is 3. The first-order valence-corrected chi connectivity index (χ1v) is 12.6. The smallest absolute Gasteiger partial charge is 0.410 e. The number of likely N-dealkylation sites (tertiary alicyclic amines) is 1. The molecule has 2 N–H and O–H groups in total. The first kappa shape index (κ1) is 24.3. The first-order valence-electron chi connectivity index (χ1n) is 12.6. The summed E-state index contributed by atoms with van der Waals surface area (Å²) in [4.78, 5) is 24.3. The lowest BCUT2D eigenvalue weighted by Crippen LogP contribution is -2.39. The Morgan fingerprint density at radius 1 is 1.22 bits per heavy atom. The summed E-state index contributed by atoms with van der Waals surface area (Å²) in [6.45, 7) is 8.60. The fourth-order valence-corrected chi connectivity index (χ4v) is 4.99. The molecule has 1 saturated heterocycles. The summed E-state index contributed by atoms with van der Waals surface area (Å²) in [5, 5.41) is 4.45. The van der Waals surface area contributed by atoms with Crippen molar-refractivity contribution < 1.29 is 13.9 Å². The number of amides is 1. The summed E-state index contributed by atoms with van der Waals surface area (Å²) < 4.78 is 20.1. The SMILES string of the molecule is CN1CCC(c2cc(Nc3ccnc4[nH]c(C5=CCN(C(=O)OC(C)(C)C)CC5)cc34)ccc2F)C1. The van der Waals surface area contributed by atoms with Crippen molar-refractivity contribution in [3.8, 4) is 0 Å². The number of H-pyrrole nitrogens is 1. The fourth-order valence-electron chi connectivity index (χ4n) is 4.99. The Bertz CT molecular complexity index is 1310. The number of benzene rings is 1. The van der Waals surface area contributed by atoms with Crippen LogP contribution in [0, 0.1) is 5.82 Å². The maximum atomic E-state index is 14.6. The van der Waals surface area contributed by atoms with Crippen LogP contribution in [0.5, 0.6) is 0 Å². The Kier molecular flexibility index (Phi) is 6.47. The molecule has 5 rings (SSSR count). The van der Waals surface area contributed by atoms with Crippen LogP contribution in [0.1, 0.15) is 50.8 Å². The zero-order valence-corrected chi connectivity index (χ0v) is 21.4. The molecule has 36 heavy (non-hydrogen) atoms. The quantitative estimate of drug-likeness (QED) is 0.476. The van der Waals surface area contributed by atoms with E-state index in [1.54, 1.807) is 23.2 Å². The van der Waals surface area contributed by atoms with E-state index in [-0.39, 0.29) is 17.8 Å². The molecule has 2 aliphatic rings. The molecule has 3 aromatic rings. The summed E-state index contributed by atoms with van der Waals surface area (Å²) >= 11 is 0. The number of fused-ring (bicyclic) bond motifs is 1. The van der Waals surface area contributed by atoms with Gasteiger partial charge in [0, 0.05) is 48.5 Å². The molecule has 7 nitrogen and oxygen atoms in total. The first-order chi connectivity index (χ1) is 17.2. The lowest BCUT2D eigenvalue weighted by atomic mass is 9.97. The Balaban J connectivity index is 1.35. The molecule has 8 heteroatoms. The summed E-state index contributed by atoms with van der Waals surface area (Å²) in [6.07, 6.45) is 5.24. The van der Waals surface area contributed by atoms with Crippen LogP contribution in [0.4, 0.5) is 20.6 Å². The molecule has 1 atom stereocenters. The highest BCUT2D eigenvalue weighted by molar-refractivity contribution is 5.94. The van der Waals surface area contributed by atoms with Crippen molar-refractivity contribution in [3.63, 3.8) is 0 Å². The van der Waals surface area contributed by atoms with Gasteiger partial charge in [-0.3, -0.25) is 0 Å². The highest BCUT2D eigenvalue weighted by Crippen LogP contribution is 2.33. The van der Waals surface area contributed by atoms with Gasteiger partial charge in [0.1, 0.15) is 17.1 Å². The van der Waals surface area contributed by atoms with Gasteiger partial charge in [-0.15, -0.1) is 0 Å². The van der Waals surface area contributed by atoms with E-state index in [2.05, 4.69) is 39.4 Å². The maximum absolute atomic E-state index is 14.6. The summed E-state index contributed by atoms with van der Waals surface area (Å²) in [6, 6.07) is 9.31. The standard InChI is InChI=1S/C28H34FN5O2/c1-28(2,3)36-27(35)34-13-9-18(10-14-34)25-16-22-24(7-11-30-26(22)32-25)31-20-5-6-23(29)21(15-20)19-8-12-33(4)17-19/h5-7,9,11,15-16,19H,8,10,12-14,17H2,1-4H3,(H2,30,31,32). The van der Waals surface area contributed by atoms with Crippen LogP contribution in [0.15, 0.2) is 42.6 Å². The minimum Gasteiger partial charge on any atom is -0.444 e. The molecule has 0 saturated carbocycles. The van der Waals surface area contributed by atoms with E-state index >= 15 is 0 Å². The predicted octanol–water partition coefficient (Wildman–Crippen LogP) is 5.89. The molecule has 0 bridgehead atoms. The third-order valence-electron chi connectivity index (χ3n) is 6.84. The van der Waals surface area contributed by atoms with Gasteiger partial charge >= 0.3 is 6.09 Å². The van der Waals surface area contributed by atoms with Crippen LogP contribution in [-0.2, 0) is 4.74 Å². The second-order valence-electron chi connectivity index (χ2n) is 10.8. The number of nitrogens with one attached hydrogen (secondary N) is 2. The highest BCUT2D eigenvalue weighted by atomic mass is 19.1. The number of anilines is 2. The minimum absolute atomic E-state index is 0.144. The van der Waals surface area contributed by atoms with E-state index in [0.29, 0.717) is 13.1 Å². The Morgan fingerprint density at radius 2 is 2.06 bits per heavy atom. The van der Waals surface area contributed by atoms with Gasteiger partial charge in [-0.05, 0) is 88.7 Å².